The van der Waals surface area contributed by atoms with Crippen molar-refractivity contribution in [3.8, 4) is 22.8 Å². The summed E-state index contributed by atoms with van der Waals surface area (Å²) in [6, 6.07) is 5.72. The maximum Gasteiger partial charge on any atom is 0.193 e. The molecule has 110 valence electrons. The van der Waals surface area contributed by atoms with Gasteiger partial charge in [-0.3, -0.25) is 0 Å². The van der Waals surface area contributed by atoms with E-state index in [1.165, 1.54) is 0 Å². The van der Waals surface area contributed by atoms with Crippen LogP contribution in [0.3, 0.4) is 0 Å². The molecule has 0 aliphatic carbocycles. The molecule has 0 fully saturated rings. The van der Waals surface area contributed by atoms with Gasteiger partial charge >= 0.3 is 0 Å². The number of nitrogens with zero attached hydrogens (tertiary/aromatic N) is 2. The van der Waals surface area contributed by atoms with Crippen LogP contribution >= 0.6 is 12.2 Å². The highest BCUT2D eigenvalue weighted by molar-refractivity contribution is 7.80. The second kappa shape index (κ2) is 5.25. The Hall–Kier alpha value is -2.28. The molecule has 0 saturated carbocycles. The van der Waals surface area contributed by atoms with E-state index >= 15 is 0 Å². The summed E-state index contributed by atoms with van der Waals surface area (Å²) < 4.78 is 12.2. The lowest BCUT2D eigenvalue weighted by Crippen LogP contribution is -2.22. The number of rotatable bonds is 3. The number of aromatic nitrogens is 2. The van der Waals surface area contributed by atoms with Gasteiger partial charge in [0.2, 0.25) is 0 Å². The molecular weight excluding hydrogens is 288 g/mol. The molecule has 1 aromatic heterocycles. The number of ether oxygens (including phenoxy) is 2. The molecule has 2 heterocycles. The zero-order chi connectivity index (χ0) is 15.0. The lowest BCUT2D eigenvalue weighted by molar-refractivity contribution is 0.355. The van der Waals surface area contributed by atoms with Crippen molar-refractivity contribution in [1.82, 2.24) is 9.78 Å². The summed E-state index contributed by atoms with van der Waals surface area (Å²) >= 11 is 5.05. The highest BCUT2D eigenvalue weighted by Gasteiger charge is 2.24. The van der Waals surface area contributed by atoms with E-state index in [1.807, 2.05) is 18.2 Å². The number of nitrogens with two attached hydrogens (primary N) is 1. The molecule has 0 radical (unpaired) electrons. The van der Waals surface area contributed by atoms with Gasteiger partial charge in [-0.1, -0.05) is 0 Å². The van der Waals surface area contributed by atoms with E-state index in [2.05, 4.69) is 10.4 Å². The number of fused-ring (bicyclic) bond motifs is 1. The molecule has 1 aliphatic heterocycles. The van der Waals surface area contributed by atoms with Gasteiger partial charge in [0.25, 0.3) is 0 Å². The maximum absolute atomic E-state index is 5.73. The molecule has 0 spiro atoms. The van der Waals surface area contributed by atoms with E-state index in [-0.39, 0.29) is 5.11 Å². The summed E-state index contributed by atoms with van der Waals surface area (Å²) in [7, 11) is 3.22. The summed E-state index contributed by atoms with van der Waals surface area (Å²) in [6.45, 7) is 0.857. The van der Waals surface area contributed by atoms with Gasteiger partial charge in [0.1, 0.15) is 5.82 Å². The van der Waals surface area contributed by atoms with Crippen LogP contribution in [-0.2, 0) is 6.42 Å². The molecule has 21 heavy (non-hydrogen) atoms. The Morgan fingerprint density at radius 2 is 2.10 bits per heavy atom. The minimum absolute atomic E-state index is 0.229. The van der Waals surface area contributed by atoms with Crippen LogP contribution in [0.25, 0.3) is 11.3 Å². The number of thiocarbonyl (C=S) groups is 1. The first-order valence-corrected chi connectivity index (χ1v) is 6.94. The van der Waals surface area contributed by atoms with Gasteiger partial charge in [-0.25, -0.2) is 0 Å². The molecule has 0 bridgehead atoms. The molecule has 0 atom stereocenters. The summed E-state index contributed by atoms with van der Waals surface area (Å²) in [5, 5.41) is 8.02. The Morgan fingerprint density at radius 1 is 1.33 bits per heavy atom. The van der Waals surface area contributed by atoms with E-state index in [4.69, 9.17) is 27.4 Å². The topological polar surface area (TPSA) is 74.3 Å². The smallest absolute Gasteiger partial charge is 0.193 e. The van der Waals surface area contributed by atoms with Gasteiger partial charge in [0, 0.05) is 17.7 Å². The van der Waals surface area contributed by atoms with Crippen molar-refractivity contribution in [3.63, 3.8) is 0 Å². The van der Waals surface area contributed by atoms with Crippen LogP contribution in [0.1, 0.15) is 5.56 Å². The predicted octanol–water partition coefficient (Wildman–Crippen LogP) is 1.63. The van der Waals surface area contributed by atoms with Crippen molar-refractivity contribution in [2.24, 2.45) is 5.73 Å². The van der Waals surface area contributed by atoms with Gasteiger partial charge in [0.15, 0.2) is 16.6 Å². The van der Waals surface area contributed by atoms with Crippen LogP contribution in [0.2, 0.25) is 0 Å². The summed E-state index contributed by atoms with van der Waals surface area (Å²) in [6.07, 6.45) is 0.891. The van der Waals surface area contributed by atoms with Crippen molar-refractivity contribution in [2.45, 2.75) is 6.42 Å². The van der Waals surface area contributed by atoms with Crippen molar-refractivity contribution in [2.75, 3.05) is 26.1 Å². The molecule has 0 saturated heterocycles. The average Bonchev–Trinajstić information content (AvgIpc) is 3.08. The highest BCUT2D eigenvalue weighted by atomic mass is 32.1. The Labute approximate surface area is 127 Å². The minimum atomic E-state index is 0.229. The molecule has 2 aromatic rings. The zero-order valence-corrected chi connectivity index (χ0v) is 12.7. The Bertz CT molecular complexity index is 711. The van der Waals surface area contributed by atoms with Gasteiger partial charge in [0.05, 0.1) is 19.9 Å². The van der Waals surface area contributed by atoms with Crippen LogP contribution in [0, 0.1) is 0 Å². The van der Waals surface area contributed by atoms with Crippen LogP contribution < -0.4 is 20.5 Å². The first kappa shape index (κ1) is 13.7. The average molecular weight is 304 g/mol. The third-order valence-electron chi connectivity index (χ3n) is 3.52. The molecule has 1 aromatic carbocycles. The molecular formula is C14H16N4O2S. The predicted molar refractivity (Wildman–Crippen MR) is 85.1 cm³/mol. The van der Waals surface area contributed by atoms with Crippen LogP contribution in [0.4, 0.5) is 5.82 Å². The third-order valence-corrected chi connectivity index (χ3v) is 3.69. The number of hydrogen-bond donors (Lipinski definition) is 2. The zero-order valence-electron chi connectivity index (χ0n) is 11.8. The van der Waals surface area contributed by atoms with E-state index < -0.39 is 0 Å². The number of hydrogen-bond acceptors (Lipinski definition) is 5. The monoisotopic (exact) mass is 304 g/mol. The molecule has 3 N–H and O–H groups in total. The van der Waals surface area contributed by atoms with E-state index in [9.17, 15) is 0 Å². The third kappa shape index (κ3) is 2.19. The van der Waals surface area contributed by atoms with Gasteiger partial charge in [-0.15, -0.1) is 0 Å². The Kier molecular flexibility index (Phi) is 3.42. The lowest BCUT2D eigenvalue weighted by Gasteiger charge is -2.09. The number of anilines is 1. The van der Waals surface area contributed by atoms with Gasteiger partial charge in [-0.05, 0) is 36.8 Å². The second-order valence-electron chi connectivity index (χ2n) is 4.67. The molecule has 0 unspecified atom stereocenters. The van der Waals surface area contributed by atoms with Crippen molar-refractivity contribution in [1.29, 1.82) is 0 Å². The molecule has 1 aliphatic rings. The molecule has 3 rings (SSSR count). The van der Waals surface area contributed by atoms with Crippen molar-refractivity contribution < 1.29 is 9.47 Å². The lowest BCUT2D eigenvalue weighted by atomic mass is 10.1. The number of benzene rings is 1. The normalized spacial score (nSPS) is 12.7. The van der Waals surface area contributed by atoms with Gasteiger partial charge < -0.3 is 20.5 Å². The highest BCUT2D eigenvalue weighted by Crippen LogP contribution is 2.36. The summed E-state index contributed by atoms with van der Waals surface area (Å²) in [4.78, 5) is 0. The second-order valence-corrected chi connectivity index (χ2v) is 5.09. The van der Waals surface area contributed by atoms with E-state index in [1.54, 1.807) is 18.9 Å². The number of methoxy groups -OCH3 is 2. The Balaban J connectivity index is 2.13. The quantitative estimate of drug-likeness (QED) is 0.840. The number of nitrogens with one attached hydrogen (secondary N) is 1. The maximum atomic E-state index is 5.73. The van der Waals surface area contributed by atoms with Crippen LogP contribution in [-0.4, -0.2) is 35.7 Å². The largest absolute Gasteiger partial charge is 0.493 e. The minimum Gasteiger partial charge on any atom is -0.493 e. The fourth-order valence-electron chi connectivity index (χ4n) is 2.55. The fourth-order valence-corrected chi connectivity index (χ4v) is 2.68. The Morgan fingerprint density at radius 3 is 2.76 bits per heavy atom. The molecule has 7 heteroatoms. The standard InChI is InChI=1S/C14H16N4O2S/c1-19-10-4-3-8(7-11(10)20-2)12-9-5-6-16-13(9)18(17-12)14(15)21/h3-4,7,16H,5-6H2,1-2H3,(H2,15,21). The van der Waals surface area contributed by atoms with Gasteiger partial charge in [-0.2, -0.15) is 9.78 Å². The first-order chi connectivity index (χ1) is 10.2. The van der Waals surface area contributed by atoms with Crippen LogP contribution in [0.5, 0.6) is 11.5 Å². The van der Waals surface area contributed by atoms with Crippen molar-refractivity contribution >= 4 is 23.1 Å². The summed E-state index contributed by atoms with van der Waals surface area (Å²) in [5.41, 5.74) is 8.66. The van der Waals surface area contributed by atoms with E-state index in [0.29, 0.717) is 11.5 Å². The fraction of sp³-hybridized carbons (Fsp3) is 0.286. The molecule has 0 amide bonds. The first-order valence-electron chi connectivity index (χ1n) is 6.53. The van der Waals surface area contributed by atoms with Crippen molar-refractivity contribution in [3.05, 3.63) is 23.8 Å². The SMILES string of the molecule is COc1ccc(-c2nn(C(N)=S)c3c2CCN3)cc1OC. The van der Waals surface area contributed by atoms with E-state index in [0.717, 1.165) is 35.6 Å². The van der Waals surface area contributed by atoms with Crippen LogP contribution in [0.15, 0.2) is 18.2 Å². The molecule has 6 nitrogen and oxygen atoms in total. The summed E-state index contributed by atoms with van der Waals surface area (Å²) in [5.74, 6) is 2.23.